The maximum Gasteiger partial charge on any atom is 0.161 e. The lowest BCUT2D eigenvalue weighted by molar-refractivity contribution is 0.101. The fraction of sp³-hybridized carbons (Fsp3) is 0.286. The van der Waals surface area contributed by atoms with E-state index in [-0.39, 0.29) is 5.78 Å². The van der Waals surface area contributed by atoms with Crippen LogP contribution >= 0.6 is 0 Å². The van der Waals surface area contributed by atoms with E-state index in [0.29, 0.717) is 5.56 Å². The second-order valence-corrected chi connectivity index (χ2v) is 4.28. The molecule has 0 aliphatic heterocycles. The fourth-order valence-electron chi connectivity index (χ4n) is 1.91. The third kappa shape index (κ3) is 1.88. The summed E-state index contributed by atoms with van der Waals surface area (Å²) in [6, 6.07) is 7.56. The van der Waals surface area contributed by atoms with Crippen molar-refractivity contribution in [2.24, 2.45) is 0 Å². The topological polar surface area (TPSA) is 34.9 Å². The van der Waals surface area contributed by atoms with Gasteiger partial charge in [0.15, 0.2) is 5.78 Å². The average molecular weight is 228 g/mol. The smallest absolute Gasteiger partial charge is 0.161 e. The number of nitrogens with zero attached hydrogens (tertiary/aromatic N) is 2. The maximum absolute atomic E-state index is 11.6. The molecule has 0 bridgehead atoms. The van der Waals surface area contributed by atoms with E-state index in [4.69, 9.17) is 0 Å². The number of benzene rings is 1. The predicted molar refractivity (Wildman–Crippen MR) is 67.8 cm³/mol. The number of carbonyl (C=O) groups is 1. The van der Waals surface area contributed by atoms with Crippen molar-refractivity contribution in [1.29, 1.82) is 0 Å². The lowest BCUT2D eigenvalue weighted by Crippen LogP contribution is -2.06. The number of hydrogen-bond acceptors (Lipinski definition) is 2. The Labute approximate surface area is 101 Å². The minimum absolute atomic E-state index is 0.0609. The molecule has 0 spiro atoms. The summed E-state index contributed by atoms with van der Waals surface area (Å²) in [4.78, 5) is 11.6. The SMILES string of the molecule is CC(=O)c1ccccc1-n1nc(C)c(C)c1C. The molecule has 1 aromatic heterocycles. The molecule has 0 radical (unpaired) electrons. The molecule has 1 heterocycles. The van der Waals surface area contributed by atoms with Crippen molar-refractivity contribution in [1.82, 2.24) is 9.78 Å². The van der Waals surface area contributed by atoms with E-state index in [0.717, 1.165) is 17.1 Å². The maximum atomic E-state index is 11.6. The molecule has 0 N–H and O–H groups in total. The Kier molecular flexibility index (Phi) is 2.84. The van der Waals surface area contributed by atoms with Gasteiger partial charge < -0.3 is 0 Å². The van der Waals surface area contributed by atoms with Gasteiger partial charge in [0.2, 0.25) is 0 Å². The Morgan fingerprint density at radius 2 is 1.82 bits per heavy atom. The number of carbonyl (C=O) groups excluding carboxylic acids is 1. The molecule has 1 aromatic carbocycles. The molecule has 2 rings (SSSR count). The molecule has 0 aliphatic carbocycles. The first-order valence-electron chi connectivity index (χ1n) is 5.65. The average Bonchev–Trinajstić information content (AvgIpc) is 2.57. The zero-order valence-corrected chi connectivity index (χ0v) is 10.6. The van der Waals surface area contributed by atoms with E-state index in [1.54, 1.807) is 6.92 Å². The number of Topliss-reactive ketones (excluding diaryl/α,β-unsaturated/α-hetero) is 1. The molecule has 3 heteroatoms. The molecule has 0 atom stereocenters. The van der Waals surface area contributed by atoms with Gasteiger partial charge in [-0.1, -0.05) is 12.1 Å². The summed E-state index contributed by atoms with van der Waals surface area (Å²) in [5.41, 5.74) is 4.81. The van der Waals surface area contributed by atoms with Crippen molar-refractivity contribution in [3.63, 3.8) is 0 Å². The number of rotatable bonds is 2. The molecule has 17 heavy (non-hydrogen) atoms. The summed E-state index contributed by atoms with van der Waals surface area (Å²) in [6.45, 7) is 7.63. The Bertz CT molecular complexity index is 582. The minimum Gasteiger partial charge on any atom is -0.294 e. The highest BCUT2D eigenvalue weighted by Crippen LogP contribution is 2.20. The quantitative estimate of drug-likeness (QED) is 0.740. The summed E-state index contributed by atoms with van der Waals surface area (Å²) in [6.07, 6.45) is 0. The highest BCUT2D eigenvalue weighted by atomic mass is 16.1. The van der Waals surface area contributed by atoms with Crippen LogP contribution in [0.4, 0.5) is 0 Å². The molecule has 2 aromatic rings. The van der Waals surface area contributed by atoms with Crippen molar-refractivity contribution in [3.8, 4) is 5.69 Å². The van der Waals surface area contributed by atoms with E-state index in [9.17, 15) is 4.79 Å². The van der Waals surface area contributed by atoms with Crippen LogP contribution in [0.5, 0.6) is 0 Å². The molecule has 0 fully saturated rings. The third-order valence-electron chi connectivity index (χ3n) is 3.16. The van der Waals surface area contributed by atoms with E-state index >= 15 is 0 Å². The van der Waals surface area contributed by atoms with E-state index in [2.05, 4.69) is 5.10 Å². The zero-order valence-electron chi connectivity index (χ0n) is 10.6. The normalized spacial score (nSPS) is 10.6. The van der Waals surface area contributed by atoms with Crippen LogP contribution in [0.1, 0.15) is 34.2 Å². The molecule has 0 aliphatic rings. The van der Waals surface area contributed by atoms with Gasteiger partial charge >= 0.3 is 0 Å². The third-order valence-corrected chi connectivity index (χ3v) is 3.16. The van der Waals surface area contributed by atoms with E-state index in [1.165, 1.54) is 5.56 Å². The number of aryl methyl sites for hydroxylation is 1. The molecular weight excluding hydrogens is 212 g/mol. The van der Waals surface area contributed by atoms with Crippen LogP contribution in [0.15, 0.2) is 24.3 Å². The molecule has 0 saturated heterocycles. The summed E-state index contributed by atoms with van der Waals surface area (Å²) in [7, 11) is 0. The van der Waals surface area contributed by atoms with Crippen LogP contribution in [-0.4, -0.2) is 15.6 Å². The van der Waals surface area contributed by atoms with Crippen molar-refractivity contribution >= 4 is 5.78 Å². The van der Waals surface area contributed by atoms with Gasteiger partial charge in [-0.15, -0.1) is 0 Å². The minimum atomic E-state index is 0.0609. The van der Waals surface area contributed by atoms with Gasteiger partial charge in [-0.25, -0.2) is 4.68 Å². The summed E-state index contributed by atoms with van der Waals surface area (Å²) in [5.74, 6) is 0.0609. The fourth-order valence-corrected chi connectivity index (χ4v) is 1.91. The van der Waals surface area contributed by atoms with Gasteiger partial charge in [0, 0.05) is 11.3 Å². The van der Waals surface area contributed by atoms with E-state index in [1.807, 2.05) is 49.7 Å². The summed E-state index contributed by atoms with van der Waals surface area (Å²) >= 11 is 0. The van der Waals surface area contributed by atoms with Crippen molar-refractivity contribution < 1.29 is 4.79 Å². The highest BCUT2D eigenvalue weighted by Gasteiger charge is 2.13. The Morgan fingerprint density at radius 3 is 2.35 bits per heavy atom. The molecule has 0 unspecified atom stereocenters. The number of hydrogen-bond donors (Lipinski definition) is 0. The van der Waals surface area contributed by atoms with Crippen LogP contribution in [0.2, 0.25) is 0 Å². The number of ketones is 1. The van der Waals surface area contributed by atoms with Gasteiger partial charge in [0.05, 0.1) is 11.4 Å². The van der Waals surface area contributed by atoms with Crippen LogP contribution in [0, 0.1) is 20.8 Å². The summed E-state index contributed by atoms with van der Waals surface area (Å²) < 4.78 is 1.85. The van der Waals surface area contributed by atoms with Gasteiger partial charge in [-0.05, 0) is 45.4 Å². The first-order chi connectivity index (χ1) is 8.02. The highest BCUT2D eigenvalue weighted by molar-refractivity contribution is 5.97. The second-order valence-electron chi connectivity index (χ2n) is 4.28. The Hall–Kier alpha value is -1.90. The largest absolute Gasteiger partial charge is 0.294 e. The van der Waals surface area contributed by atoms with Crippen molar-refractivity contribution in [2.45, 2.75) is 27.7 Å². The second kappa shape index (κ2) is 4.17. The molecule has 0 amide bonds. The molecular formula is C14H16N2O. The lowest BCUT2D eigenvalue weighted by atomic mass is 10.1. The Morgan fingerprint density at radius 1 is 1.18 bits per heavy atom. The standard InChI is InChI=1S/C14H16N2O/c1-9-10(2)15-16(11(9)3)14-8-6-5-7-13(14)12(4)17/h5-8H,1-4H3. The zero-order chi connectivity index (χ0) is 12.6. The van der Waals surface area contributed by atoms with Crippen LogP contribution in [0.25, 0.3) is 5.69 Å². The van der Waals surface area contributed by atoms with Gasteiger partial charge in [-0.2, -0.15) is 5.10 Å². The molecule has 0 saturated carbocycles. The van der Waals surface area contributed by atoms with Crippen LogP contribution in [0.3, 0.4) is 0 Å². The van der Waals surface area contributed by atoms with E-state index < -0.39 is 0 Å². The number of para-hydroxylation sites is 1. The van der Waals surface area contributed by atoms with Crippen LogP contribution < -0.4 is 0 Å². The van der Waals surface area contributed by atoms with Gasteiger partial charge in [-0.3, -0.25) is 4.79 Å². The predicted octanol–water partition coefficient (Wildman–Crippen LogP) is 3.00. The first kappa shape index (κ1) is 11.6. The summed E-state index contributed by atoms with van der Waals surface area (Å²) in [5, 5.41) is 4.49. The number of aromatic nitrogens is 2. The molecule has 3 nitrogen and oxygen atoms in total. The first-order valence-corrected chi connectivity index (χ1v) is 5.65. The van der Waals surface area contributed by atoms with Crippen molar-refractivity contribution in [3.05, 3.63) is 46.8 Å². The van der Waals surface area contributed by atoms with Gasteiger partial charge in [0.1, 0.15) is 0 Å². The monoisotopic (exact) mass is 228 g/mol. The lowest BCUT2D eigenvalue weighted by Gasteiger charge is -2.08. The molecule has 88 valence electrons. The van der Waals surface area contributed by atoms with Gasteiger partial charge in [0.25, 0.3) is 0 Å². The van der Waals surface area contributed by atoms with Crippen LogP contribution in [-0.2, 0) is 0 Å². The Balaban J connectivity index is 2.68. The van der Waals surface area contributed by atoms with Crippen molar-refractivity contribution in [2.75, 3.05) is 0 Å².